The number of amides is 1. The van der Waals surface area contributed by atoms with Gasteiger partial charge in [-0.05, 0) is 60.4 Å². The van der Waals surface area contributed by atoms with Gasteiger partial charge in [0.15, 0.2) is 0 Å². The molecule has 156 valence electrons. The Bertz CT molecular complexity index is 1150. The van der Waals surface area contributed by atoms with Crippen molar-refractivity contribution in [2.45, 2.75) is 16.7 Å². The molecular formula is C21H18Cl2N2O3S2. The third-order valence-corrected chi connectivity index (χ3v) is 6.76. The highest BCUT2D eigenvalue weighted by Gasteiger charge is 2.16. The first-order valence-corrected chi connectivity index (χ1v) is 12.1. The Morgan fingerprint density at radius 3 is 2.20 bits per heavy atom. The third kappa shape index (κ3) is 5.70. The highest BCUT2D eigenvalue weighted by atomic mass is 35.5. The highest BCUT2D eigenvalue weighted by molar-refractivity contribution is 7.99. The van der Waals surface area contributed by atoms with Crippen molar-refractivity contribution in [3.8, 4) is 0 Å². The summed E-state index contributed by atoms with van der Waals surface area (Å²) in [5.41, 5.74) is 1.32. The lowest BCUT2D eigenvalue weighted by molar-refractivity contribution is 0.102. The predicted molar refractivity (Wildman–Crippen MR) is 125 cm³/mol. The van der Waals surface area contributed by atoms with Crippen molar-refractivity contribution in [1.82, 2.24) is 0 Å². The van der Waals surface area contributed by atoms with Gasteiger partial charge in [-0.3, -0.25) is 9.52 Å². The minimum Gasteiger partial charge on any atom is -0.322 e. The normalized spacial score (nSPS) is 11.2. The molecule has 0 spiro atoms. The zero-order valence-electron chi connectivity index (χ0n) is 15.9. The minimum absolute atomic E-state index is 0.0403. The van der Waals surface area contributed by atoms with Gasteiger partial charge in [0.2, 0.25) is 0 Å². The van der Waals surface area contributed by atoms with E-state index in [2.05, 4.69) is 10.0 Å². The van der Waals surface area contributed by atoms with Crippen LogP contribution >= 0.6 is 35.0 Å². The second-order valence-corrected chi connectivity index (χ2v) is 10.0. The van der Waals surface area contributed by atoms with E-state index >= 15 is 0 Å². The number of halogens is 2. The molecule has 30 heavy (non-hydrogen) atoms. The molecule has 0 fully saturated rings. The SMILES string of the molecule is CCSc1ccccc1C(=O)Nc1ccc(S(=O)(=O)Nc2cc(Cl)cc(Cl)c2)cc1. The molecule has 0 aliphatic rings. The lowest BCUT2D eigenvalue weighted by Gasteiger charge is -2.11. The summed E-state index contributed by atoms with van der Waals surface area (Å²) in [6, 6.07) is 17.7. The minimum atomic E-state index is -3.84. The van der Waals surface area contributed by atoms with Crippen LogP contribution in [-0.2, 0) is 10.0 Å². The molecular weight excluding hydrogens is 463 g/mol. The second-order valence-electron chi connectivity index (χ2n) is 6.17. The molecule has 3 aromatic carbocycles. The van der Waals surface area contributed by atoms with Crippen molar-refractivity contribution >= 4 is 62.3 Å². The summed E-state index contributed by atoms with van der Waals surface area (Å²) in [7, 11) is -3.84. The van der Waals surface area contributed by atoms with Gasteiger partial charge in [0.1, 0.15) is 0 Å². The van der Waals surface area contributed by atoms with Crippen LogP contribution in [0.15, 0.2) is 76.5 Å². The van der Waals surface area contributed by atoms with Crippen LogP contribution in [0, 0.1) is 0 Å². The van der Waals surface area contributed by atoms with Gasteiger partial charge in [-0.2, -0.15) is 0 Å². The van der Waals surface area contributed by atoms with Gasteiger partial charge in [0, 0.05) is 20.6 Å². The summed E-state index contributed by atoms with van der Waals surface area (Å²) < 4.78 is 27.7. The fourth-order valence-electron chi connectivity index (χ4n) is 2.68. The van der Waals surface area contributed by atoms with E-state index in [1.807, 2.05) is 19.1 Å². The number of benzene rings is 3. The van der Waals surface area contributed by atoms with E-state index in [1.54, 1.807) is 23.9 Å². The molecule has 0 radical (unpaired) electrons. The summed E-state index contributed by atoms with van der Waals surface area (Å²) in [6.45, 7) is 2.02. The number of sulfonamides is 1. The standard InChI is InChI=1S/C21H18Cl2N2O3S2/c1-2-29-20-6-4-3-5-19(20)21(26)24-16-7-9-18(10-8-16)30(27,28)25-17-12-14(22)11-15(23)13-17/h3-13,25H,2H2,1H3,(H,24,26). The van der Waals surface area contributed by atoms with Crippen molar-refractivity contribution in [3.63, 3.8) is 0 Å². The molecule has 0 aromatic heterocycles. The molecule has 0 saturated heterocycles. The molecule has 0 atom stereocenters. The third-order valence-electron chi connectivity index (χ3n) is 3.97. The number of carbonyl (C=O) groups is 1. The maximum Gasteiger partial charge on any atom is 0.261 e. The van der Waals surface area contributed by atoms with Gasteiger partial charge in [0.05, 0.1) is 16.1 Å². The summed E-state index contributed by atoms with van der Waals surface area (Å²) in [4.78, 5) is 13.5. The molecule has 5 nitrogen and oxygen atoms in total. The molecule has 0 aliphatic carbocycles. The second kappa shape index (κ2) is 9.75. The Morgan fingerprint density at radius 1 is 0.933 bits per heavy atom. The smallest absolute Gasteiger partial charge is 0.261 e. The van der Waals surface area contributed by atoms with Crippen LogP contribution in [0.3, 0.4) is 0 Å². The summed E-state index contributed by atoms with van der Waals surface area (Å²) in [5.74, 6) is 0.593. The van der Waals surface area contributed by atoms with Crippen molar-refractivity contribution in [3.05, 3.63) is 82.3 Å². The maximum absolute atomic E-state index is 12.6. The number of rotatable bonds is 7. The monoisotopic (exact) mass is 480 g/mol. The van der Waals surface area contributed by atoms with Gasteiger partial charge in [-0.15, -0.1) is 11.8 Å². The van der Waals surface area contributed by atoms with E-state index in [9.17, 15) is 13.2 Å². The molecule has 0 unspecified atom stereocenters. The van der Waals surface area contributed by atoms with E-state index in [4.69, 9.17) is 23.2 Å². The molecule has 3 rings (SSSR count). The molecule has 2 N–H and O–H groups in total. The van der Waals surface area contributed by atoms with E-state index in [0.717, 1.165) is 10.6 Å². The Balaban J connectivity index is 1.75. The Kier molecular flexibility index (Phi) is 7.31. The van der Waals surface area contributed by atoms with Crippen molar-refractivity contribution < 1.29 is 13.2 Å². The number of hydrogen-bond acceptors (Lipinski definition) is 4. The zero-order valence-corrected chi connectivity index (χ0v) is 19.0. The van der Waals surface area contributed by atoms with Crippen LogP contribution in [-0.4, -0.2) is 20.1 Å². The first kappa shape index (κ1) is 22.5. The summed E-state index contributed by atoms with van der Waals surface area (Å²) >= 11 is 13.4. The molecule has 0 saturated carbocycles. The van der Waals surface area contributed by atoms with Crippen LogP contribution in [0.25, 0.3) is 0 Å². The largest absolute Gasteiger partial charge is 0.322 e. The topological polar surface area (TPSA) is 75.3 Å². The summed E-state index contributed by atoms with van der Waals surface area (Å²) in [6.07, 6.45) is 0. The van der Waals surface area contributed by atoms with Gasteiger partial charge >= 0.3 is 0 Å². The van der Waals surface area contributed by atoms with E-state index in [0.29, 0.717) is 21.3 Å². The van der Waals surface area contributed by atoms with Gasteiger partial charge in [-0.1, -0.05) is 42.3 Å². The van der Waals surface area contributed by atoms with Crippen LogP contribution < -0.4 is 10.0 Å². The maximum atomic E-state index is 12.6. The Morgan fingerprint density at radius 2 is 1.57 bits per heavy atom. The molecule has 0 bridgehead atoms. The number of nitrogens with one attached hydrogen (secondary N) is 2. The van der Waals surface area contributed by atoms with Crippen molar-refractivity contribution in [2.75, 3.05) is 15.8 Å². The van der Waals surface area contributed by atoms with E-state index < -0.39 is 10.0 Å². The molecule has 9 heteroatoms. The van der Waals surface area contributed by atoms with Crippen molar-refractivity contribution in [2.24, 2.45) is 0 Å². The van der Waals surface area contributed by atoms with Crippen LogP contribution in [0.1, 0.15) is 17.3 Å². The van der Waals surface area contributed by atoms with Crippen LogP contribution in [0.4, 0.5) is 11.4 Å². The fraction of sp³-hybridized carbons (Fsp3) is 0.0952. The predicted octanol–water partition coefficient (Wildman–Crippen LogP) is 6.16. The molecule has 1 amide bonds. The lowest BCUT2D eigenvalue weighted by atomic mass is 10.2. The quantitative estimate of drug-likeness (QED) is 0.397. The average Bonchev–Trinajstić information content (AvgIpc) is 2.68. The average molecular weight is 481 g/mol. The number of carbonyl (C=O) groups excluding carboxylic acids is 1. The van der Waals surface area contributed by atoms with E-state index in [-0.39, 0.29) is 16.5 Å². The van der Waals surface area contributed by atoms with Crippen LogP contribution in [0.2, 0.25) is 10.0 Å². The number of thioether (sulfide) groups is 1. The lowest BCUT2D eigenvalue weighted by Crippen LogP contribution is -2.14. The Hall–Kier alpha value is -2.19. The van der Waals surface area contributed by atoms with Gasteiger partial charge in [0.25, 0.3) is 15.9 Å². The summed E-state index contributed by atoms with van der Waals surface area (Å²) in [5, 5.41) is 3.44. The van der Waals surface area contributed by atoms with Crippen LogP contribution in [0.5, 0.6) is 0 Å². The van der Waals surface area contributed by atoms with E-state index in [1.165, 1.54) is 42.5 Å². The number of hydrogen-bond donors (Lipinski definition) is 2. The first-order valence-electron chi connectivity index (χ1n) is 8.90. The molecule has 3 aromatic rings. The highest BCUT2D eigenvalue weighted by Crippen LogP contribution is 2.26. The zero-order chi connectivity index (χ0) is 21.7. The first-order chi connectivity index (χ1) is 14.3. The van der Waals surface area contributed by atoms with Gasteiger partial charge < -0.3 is 5.32 Å². The molecule has 0 heterocycles. The molecule has 0 aliphatic heterocycles. The Labute approximate surface area is 189 Å². The van der Waals surface area contributed by atoms with Gasteiger partial charge in [-0.25, -0.2) is 8.42 Å². The fourth-order valence-corrected chi connectivity index (χ4v) is 5.05. The van der Waals surface area contributed by atoms with Crippen molar-refractivity contribution in [1.29, 1.82) is 0 Å². The number of anilines is 2.